The molecule has 0 N–H and O–H groups in total. The second-order valence-corrected chi connectivity index (χ2v) is 8.51. The third-order valence-corrected chi connectivity index (χ3v) is 6.94. The van der Waals surface area contributed by atoms with Gasteiger partial charge in [-0.2, -0.15) is 0 Å². The normalized spacial score (nSPS) is 19.9. The van der Waals surface area contributed by atoms with Crippen LogP contribution >= 0.6 is 11.3 Å². The summed E-state index contributed by atoms with van der Waals surface area (Å²) in [6.07, 6.45) is 7.56. The zero-order valence-electron chi connectivity index (χ0n) is 14.9. The Bertz CT molecular complexity index is 966. The fraction of sp³-hybridized carbons (Fsp3) is 0.450. The Labute approximate surface area is 156 Å². The van der Waals surface area contributed by atoms with Crippen LogP contribution in [0.25, 0.3) is 11.2 Å². The summed E-state index contributed by atoms with van der Waals surface area (Å²) in [6, 6.07) is 6.07. The Morgan fingerprint density at radius 2 is 2.19 bits per heavy atom. The largest absolute Gasteiger partial charge is 0.337 e. The molecule has 26 heavy (non-hydrogen) atoms. The van der Waals surface area contributed by atoms with Gasteiger partial charge in [0.05, 0.1) is 4.88 Å². The average Bonchev–Trinajstić information content (AvgIpc) is 3.38. The van der Waals surface area contributed by atoms with Gasteiger partial charge in [0.1, 0.15) is 11.3 Å². The van der Waals surface area contributed by atoms with Crippen LogP contribution in [-0.2, 0) is 19.9 Å². The molecule has 3 aromatic rings. The van der Waals surface area contributed by atoms with Crippen molar-refractivity contribution < 1.29 is 4.79 Å². The van der Waals surface area contributed by atoms with Crippen LogP contribution in [0.2, 0.25) is 0 Å². The van der Waals surface area contributed by atoms with Gasteiger partial charge in [-0.05, 0) is 55.9 Å². The van der Waals surface area contributed by atoms with Crippen LogP contribution in [0.4, 0.5) is 0 Å². The molecule has 1 atom stereocenters. The van der Waals surface area contributed by atoms with Crippen LogP contribution in [0, 0.1) is 0 Å². The van der Waals surface area contributed by atoms with Gasteiger partial charge in [-0.25, -0.2) is 9.97 Å². The second kappa shape index (κ2) is 6.20. The summed E-state index contributed by atoms with van der Waals surface area (Å²) in [7, 11) is 2.02. The van der Waals surface area contributed by atoms with Gasteiger partial charge in [0, 0.05) is 37.1 Å². The van der Waals surface area contributed by atoms with Gasteiger partial charge < -0.3 is 9.47 Å². The number of aromatic nitrogens is 3. The maximum absolute atomic E-state index is 13.0. The van der Waals surface area contributed by atoms with E-state index in [1.54, 1.807) is 17.5 Å². The van der Waals surface area contributed by atoms with Gasteiger partial charge in [-0.3, -0.25) is 4.79 Å². The minimum Gasteiger partial charge on any atom is -0.337 e. The molecule has 0 radical (unpaired) electrons. The highest BCUT2D eigenvalue weighted by Crippen LogP contribution is 2.33. The number of hydrogen-bond acceptors (Lipinski definition) is 4. The quantitative estimate of drug-likeness (QED) is 0.697. The van der Waals surface area contributed by atoms with Crippen LogP contribution in [0.3, 0.4) is 0 Å². The van der Waals surface area contributed by atoms with E-state index in [0.717, 1.165) is 54.2 Å². The summed E-state index contributed by atoms with van der Waals surface area (Å²) in [5.74, 6) is 1.52. The van der Waals surface area contributed by atoms with Gasteiger partial charge >= 0.3 is 0 Å². The zero-order valence-corrected chi connectivity index (χ0v) is 15.8. The van der Waals surface area contributed by atoms with E-state index in [9.17, 15) is 4.79 Å². The van der Waals surface area contributed by atoms with Crippen molar-refractivity contribution >= 4 is 28.4 Å². The summed E-state index contributed by atoms with van der Waals surface area (Å²) >= 11 is 1.71. The van der Waals surface area contributed by atoms with Gasteiger partial charge in [-0.15, -0.1) is 11.3 Å². The molecule has 134 valence electrons. The molecule has 0 aromatic carbocycles. The Morgan fingerprint density at radius 1 is 1.31 bits per heavy atom. The molecular formula is C20H22N4OS. The first-order valence-electron chi connectivity index (χ1n) is 9.39. The second-order valence-electron chi connectivity index (χ2n) is 7.38. The highest BCUT2D eigenvalue weighted by Gasteiger charge is 2.32. The molecule has 1 aliphatic carbocycles. The summed E-state index contributed by atoms with van der Waals surface area (Å²) in [6.45, 7) is 1.56. The molecule has 4 heterocycles. The van der Waals surface area contributed by atoms with E-state index in [2.05, 4.69) is 15.6 Å². The molecule has 0 unspecified atom stereocenters. The van der Waals surface area contributed by atoms with Crippen molar-refractivity contribution in [2.45, 2.75) is 38.0 Å². The van der Waals surface area contributed by atoms with Crippen LogP contribution in [-0.4, -0.2) is 38.4 Å². The number of fused-ring (bicyclic) bond motifs is 2. The minimum atomic E-state index is 0.198. The first-order chi connectivity index (χ1) is 12.7. The van der Waals surface area contributed by atoms with Gasteiger partial charge in [0.15, 0.2) is 5.65 Å². The number of rotatable bonds is 2. The maximum atomic E-state index is 13.0. The molecule has 0 saturated carbocycles. The standard InChI is InChI=1S/C20H22N4OS/c1-23-18(22-15-6-4-9-21-19(15)23)14-8-10-24(12-14)20(25)17-11-13-5-2-3-7-16(13)26-17/h4,6,9,11,14H,2-3,5,7-8,10,12H2,1H3/t14-/m1/s1. The summed E-state index contributed by atoms with van der Waals surface area (Å²) in [5, 5.41) is 0. The monoisotopic (exact) mass is 366 g/mol. The Morgan fingerprint density at radius 3 is 3.04 bits per heavy atom. The van der Waals surface area contributed by atoms with Crippen molar-refractivity contribution in [3.8, 4) is 0 Å². The fourth-order valence-corrected chi connectivity index (χ4v) is 5.54. The summed E-state index contributed by atoms with van der Waals surface area (Å²) in [4.78, 5) is 26.6. The number of hydrogen-bond donors (Lipinski definition) is 0. The lowest BCUT2D eigenvalue weighted by Gasteiger charge is -2.15. The fourth-order valence-electron chi connectivity index (χ4n) is 4.31. The molecule has 0 spiro atoms. The molecule has 3 aromatic heterocycles. The van der Waals surface area contributed by atoms with E-state index in [4.69, 9.17) is 4.98 Å². The van der Waals surface area contributed by atoms with Crippen molar-refractivity contribution in [2.24, 2.45) is 7.05 Å². The van der Waals surface area contributed by atoms with Crippen LogP contribution in [0.5, 0.6) is 0 Å². The molecule has 1 saturated heterocycles. The molecule has 5 nitrogen and oxygen atoms in total. The summed E-state index contributed by atoms with van der Waals surface area (Å²) < 4.78 is 2.08. The predicted molar refractivity (Wildman–Crippen MR) is 103 cm³/mol. The highest BCUT2D eigenvalue weighted by molar-refractivity contribution is 7.14. The first-order valence-corrected chi connectivity index (χ1v) is 10.2. The number of nitrogens with zero attached hydrogens (tertiary/aromatic N) is 4. The third-order valence-electron chi connectivity index (χ3n) is 5.71. The average molecular weight is 366 g/mol. The predicted octanol–water partition coefficient (Wildman–Crippen LogP) is 3.54. The van der Waals surface area contributed by atoms with Crippen molar-refractivity contribution in [1.29, 1.82) is 0 Å². The first kappa shape index (κ1) is 16.0. The van der Waals surface area contributed by atoms with E-state index in [1.807, 2.05) is 24.1 Å². The van der Waals surface area contributed by atoms with E-state index < -0.39 is 0 Å². The number of pyridine rings is 1. The number of amides is 1. The van der Waals surface area contributed by atoms with Crippen molar-refractivity contribution in [2.75, 3.05) is 13.1 Å². The molecule has 1 aliphatic heterocycles. The van der Waals surface area contributed by atoms with Crippen LogP contribution < -0.4 is 0 Å². The number of likely N-dealkylation sites (tertiary alicyclic amines) is 1. The highest BCUT2D eigenvalue weighted by atomic mass is 32.1. The molecule has 6 heteroatoms. The SMILES string of the molecule is Cn1c([C@@H]2CCN(C(=O)c3cc4c(s3)CCCC4)C2)nc2cccnc21. The molecule has 2 aliphatic rings. The minimum absolute atomic E-state index is 0.198. The molecular weight excluding hydrogens is 344 g/mol. The molecule has 0 bridgehead atoms. The number of thiophene rings is 1. The van der Waals surface area contributed by atoms with Crippen molar-refractivity contribution in [3.05, 3.63) is 45.5 Å². The molecule has 1 fully saturated rings. The van der Waals surface area contributed by atoms with E-state index in [1.165, 1.54) is 23.3 Å². The van der Waals surface area contributed by atoms with E-state index in [-0.39, 0.29) is 11.8 Å². The Hall–Kier alpha value is -2.21. The van der Waals surface area contributed by atoms with E-state index in [0.29, 0.717) is 0 Å². The number of imidazole rings is 1. The van der Waals surface area contributed by atoms with Gasteiger partial charge in [0.25, 0.3) is 5.91 Å². The number of aryl methyl sites for hydroxylation is 3. The number of carbonyl (C=O) groups is 1. The van der Waals surface area contributed by atoms with Gasteiger partial charge in [0.2, 0.25) is 0 Å². The maximum Gasteiger partial charge on any atom is 0.263 e. The van der Waals surface area contributed by atoms with Gasteiger partial charge in [-0.1, -0.05) is 0 Å². The van der Waals surface area contributed by atoms with Crippen LogP contribution in [0.1, 0.15) is 51.1 Å². The van der Waals surface area contributed by atoms with Crippen molar-refractivity contribution in [3.63, 3.8) is 0 Å². The molecule has 5 rings (SSSR count). The Kier molecular flexibility index (Phi) is 3.81. The topological polar surface area (TPSA) is 51.0 Å². The number of carbonyl (C=O) groups excluding carboxylic acids is 1. The lowest BCUT2D eigenvalue weighted by atomic mass is 9.99. The third kappa shape index (κ3) is 2.55. The van der Waals surface area contributed by atoms with Crippen molar-refractivity contribution in [1.82, 2.24) is 19.4 Å². The molecule has 1 amide bonds. The lowest BCUT2D eigenvalue weighted by molar-refractivity contribution is 0.0795. The Balaban J connectivity index is 1.37. The van der Waals surface area contributed by atoms with Crippen LogP contribution in [0.15, 0.2) is 24.4 Å². The zero-order chi connectivity index (χ0) is 17.7. The van der Waals surface area contributed by atoms with E-state index >= 15 is 0 Å². The lowest BCUT2D eigenvalue weighted by Crippen LogP contribution is -2.28. The smallest absolute Gasteiger partial charge is 0.263 e. The summed E-state index contributed by atoms with van der Waals surface area (Å²) in [5.41, 5.74) is 3.25.